The van der Waals surface area contributed by atoms with Crippen LogP contribution in [0.5, 0.6) is 11.5 Å². The zero-order chi connectivity index (χ0) is 48.8. The Labute approximate surface area is 409 Å². The number of ether oxygens (including phenoxy) is 2. The number of halogens is 5. The van der Waals surface area contributed by atoms with Gasteiger partial charge in [-0.1, -0.05) is 47.5 Å². The maximum absolute atomic E-state index is 13.5. The van der Waals surface area contributed by atoms with Crippen molar-refractivity contribution < 1.29 is 38.2 Å². The SMILES string of the molecule is COc1cccc(CCl)c1NC(=O)c1cc(N=NC(C(C)=O)C(=O)Nc2ccc(NC(=O)C(N=Nc3ccc(Cl)c(C(=O)Nc4c(CCl)cccc4OC)c3)C(C)=O)c(CCCl)c2)ccc1Cl. The number of rotatable bonds is 20. The number of benzene rings is 5. The summed E-state index contributed by atoms with van der Waals surface area (Å²) in [5, 5.41) is 27.1. The van der Waals surface area contributed by atoms with Crippen molar-refractivity contribution in [3.05, 3.63) is 129 Å². The Hall–Kier alpha value is -6.43. The fourth-order valence-corrected chi connectivity index (χ4v) is 7.32. The molecule has 0 aliphatic rings. The standard InChI is InChI=1S/C46H41Cl5N8O8/c1-24(60)39(58-56-30-11-14-34(50)32(20-30)43(62)54-41-27(22-48)7-5-9-37(41)66-3)45(64)52-29-13-16-36(26(19-29)17-18-47)53-46(65)40(25(2)61)59-57-31-12-15-35(51)33(21-31)44(63)55-42-28(23-49)8-6-10-38(42)67-4/h5-16,19-21,39-40H,17-18,22-23H2,1-4H3,(H,52,64)(H,53,65)(H,54,62)(H,55,63). The third kappa shape index (κ3) is 13.4. The summed E-state index contributed by atoms with van der Waals surface area (Å²) in [6.45, 7) is 2.33. The minimum Gasteiger partial charge on any atom is -0.495 e. The number of anilines is 4. The van der Waals surface area contributed by atoms with Crippen molar-refractivity contribution in [1.82, 2.24) is 0 Å². The molecule has 0 spiro atoms. The molecule has 0 saturated heterocycles. The van der Waals surface area contributed by atoms with E-state index in [4.69, 9.17) is 67.5 Å². The molecule has 2 unspecified atom stereocenters. The van der Waals surface area contributed by atoms with Crippen LogP contribution in [0, 0.1) is 0 Å². The van der Waals surface area contributed by atoms with Crippen LogP contribution in [-0.4, -0.2) is 67.4 Å². The van der Waals surface area contributed by atoms with E-state index in [1.807, 2.05) is 0 Å². The molecule has 0 saturated carbocycles. The smallest absolute Gasteiger partial charge is 0.258 e. The Bertz CT molecular complexity index is 2730. The minimum atomic E-state index is -1.61. The predicted molar refractivity (Wildman–Crippen MR) is 260 cm³/mol. The van der Waals surface area contributed by atoms with Gasteiger partial charge in [0.2, 0.25) is 12.1 Å². The largest absolute Gasteiger partial charge is 0.495 e. The van der Waals surface area contributed by atoms with Crippen LogP contribution in [0.25, 0.3) is 0 Å². The molecule has 0 fully saturated rings. The summed E-state index contributed by atoms with van der Waals surface area (Å²) in [6, 6.07) is 19.9. The van der Waals surface area contributed by atoms with Gasteiger partial charge in [-0.2, -0.15) is 20.5 Å². The van der Waals surface area contributed by atoms with Gasteiger partial charge in [0.05, 0.1) is 58.1 Å². The number of carbonyl (C=O) groups excluding carboxylic acids is 6. The normalized spacial score (nSPS) is 12.0. The lowest BCUT2D eigenvalue weighted by Crippen LogP contribution is -2.32. The lowest BCUT2D eigenvalue weighted by Gasteiger charge is -2.16. The summed E-state index contributed by atoms with van der Waals surface area (Å²) in [5.41, 5.74) is 3.13. The molecule has 0 bridgehead atoms. The van der Waals surface area contributed by atoms with E-state index in [2.05, 4.69) is 41.7 Å². The fourth-order valence-electron chi connectivity index (χ4n) is 6.26. The van der Waals surface area contributed by atoms with Crippen LogP contribution in [0.15, 0.2) is 111 Å². The van der Waals surface area contributed by atoms with E-state index in [0.717, 1.165) is 13.8 Å². The summed E-state index contributed by atoms with van der Waals surface area (Å²) >= 11 is 31.0. The van der Waals surface area contributed by atoms with Gasteiger partial charge in [-0.05, 0) is 104 Å². The molecule has 16 nitrogen and oxygen atoms in total. The maximum Gasteiger partial charge on any atom is 0.258 e. The molecule has 4 N–H and O–H groups in total. The van der Waals surface area contributed by atoms with Crippen LogP contribution >= 0.6 is 58.0 Å². The number of alkyl halides is 3. The number of Topliss-reactive ketones (excluding diaryl/α,β-unsaturated/α-hetero) is 2. The van der Waals surface area contributed by atoms with Gasteiger partial charge in [-0.3, -0.25) is 28.8 Å². The highest BCUT2D eigenvalue weighted by Crippen LogP contribution is 2.34. The van der Waals surface area contributed by atoms with Gasteiger partial charge < -0.3 is 30.7 Å². The Kier molecular flexibility index (Phi) is 18.8. The van der Waals surface area contributed by atoms with E-state index < -0.39 is 47.3 Å². The fraction of sp³-hybridized carbons (Fsp3) is 0.217. The van der Waals surface area contributed by atoms with Crippen molar-refractivity contribution in [3.63, 3.8) is 0 Å². The van der Waals surface area contributed by atoms with Gasteiger partial charge in [0.25, 0.3) is 23.6 Å². The van der Waals surface area contributed by atoms with E-state index >= 15 is 0 Å². The number of ketones is 2. The van der Waals surface area contributed by atoms with Crippen LogP contribution in [0.3, 0.4) is 0 Å². The van der Waals surface area contributed by atoms with Gasteiger partial charge in [-0.25, -0.2) is 0 Å². The van der Waals surface area contributed by atoms with Crippen molar-refractivity contribution in [2.75, 3.05) is 41.4 Å². The van der Waals surface area contributed by atoms with E-state index in [-0.39, 0.29) is 68.0 Å². The number of methoxy groups -OCH3 is 2. The van der Waals surface area contributed by atoms with Gasteiger partial charge in [-0.15, -0.1) is 34.8 Å². The first kappa shape index (κ1) is 51.6. The number of nitrogens with zero attached hydrogens (tertiary/aromatic N) is 4. The summed E-state index contributed by atoms with van der Waals surface area (Å²) in [4.78, 5) is 79.0. The number of nitrogens with one attached hydrogen (secondary N) is 4. The predicted octanol–water partition coefficient (Wildman–Crippen LogP) is 11.1. The lowest BCUT2D eigenvalue weighted by atomic mass is 10.1. The van der Waals surface area contributed by atoms with E-state index in [9.17, 15) is 28.8 Å². The number of carbonyl (C=O) groups is 6. The van der Waals surface area contributed by atoms with Gasteiger partial charge in [0, 0.05) is 29.0 Å². The van der Waals surface area contributed by atoms with Crippen molar-refractivity contribution in [2.45, 2.75) is 44.1 Å². The van der Waals surface area contributed by atoms with Crippen LogP contribution in [-0.2, 0) is 37.4 Å². The number of aryl methyl sites for hydroxylation is 1. The van der Waals surface area contributed by atoms with Gasteiger partial charge >= 0.3 is 0 Å². The average molecular weight is 1010 g/mol. The van der Waals surface area contributed by atoms with Crippen LogP contribution in [0.2, 0.25) is 10.0 Å². The molecule has 21 heteroatoms. The van der Waals surface area contributed by atoms with E-state index in [1.165, 1.54) is 68.8 Å². The Morgan fingerprint density at radius 2 is 1.03 bits per heavy atom. The molecule has 0 aliphatic carbocycles. The molecule has 5 aromatic rings. The van der Waals surface area contributed by atoms with Crippen molar-refractivity contribution in [2.24, 2.45) is 20.5 Å². The number of para-hydroxylation sites is 2. The van der Waals surface area contributed by atoms with Gasteiger partial charge in [0.15, 0.2) is 11.6 Å². The summed E-state index contributed by atoms with van der Waals surface area (Å²) in [6.07, 6.45) is 0.205. The van der Waals surface area contributed by atoms with Crippen molar-refractivity contribution in [1.29, 1.82) is 0 Å². The molecule has 4 amide bonds. The number of hydrogen-bond donors (Lipinski definition) is 4. The van der Waals surface area contributed by atoms with E-state index in [0.29, 0.717) is 39.6 Å². The highest BCUT2D eigenvalue weighted by molar-refractivity contribution is 6.35. The molecule has 5 rings (SSSR count). The zero-order valence-corrected chi connectivity index (χ0v) is 39.9. The molecular formula is C46H41Cl5N8O8. The Morgan fingerprint density at radius 1 is 0.567 bits per heavy atom. The summed E-state index contributed by atoms with van der Waals surface area (Å²) < 4.78 is 10.7. The number of hydrogen-bond acceptors (Lipinski definition) is 12. The first-order valence-electron chi connectivity index (χ1n) is 19.9. The first-order valence-corrected chi connectivity index (χ1v) is 22.3. The highest BCUT2D eigenvalue weighted by atomic mass is 35.5. The molecule has 0 radical (unpaired) electrons. The maximum atomic E-state index is 13.5. The van der Waals surface area contributed by atoms with Gasteiger partial charge in [0.1, 0.15) is 11.5 Å². The summed E-state index contributed by atoms with van der Waals surface area (Å²) in [7, 11) is 2.90. The summed E-state index contributed by atoms with van der Waals surface area (Å²) in [5.74, 6) is -3.10. The minimum absolute atomic E-state index is 0.0219. The quantitative estimate of drug-likeness (QED) is 0.0333. The average Bonchev–Trinajstić information content (AvgIpc) is 3.30. The zero-order valence-electron chi connectivity index (χ0n) is 36.1. The topological polar surface area (TPSA) is 218 Å². The monoisotopic (exact) mass is 1010 g/mol. The lowest BCUT2D eigenvalue weighted by molar-refractivity contribution is -0.127. The van der Waals surface area contributed by atoms with Crippen molar-refractivity contribution in [3.8, 4) is 11.5 Å². The molecule has 5 aromatic carbocycles. The molecule has 67 heavy (non-hydrogen) atoms. The molecular weight excluding hydrogens is 970 g/mol. The second-order valence-corrected chi connectivity index (χ2v) is 16.0. The van der Waals surface area contributed by atoms with E-state index in [1.54, 1.807) is 36.4 Å². The Morgan fingerprint density at radius 3 is 1.45 bits per heavy atom. The van der Waals surface area contributed by atoms with Crippen LogP contribution < -0.4 is 30.7 Å². The molecule has 0 aromatic heterocycles. The molecule has 2 atom stereocenters. The van der Waals surface area contributed by atoms with Crippen LogP contribution in [0.1, 0.15) is 51.3 Å². The first-order chi connectivity index (χ1) is 32.1. The number of azo groups is 2. The highest BCUT2D eigenvalue weighted by Gasteiger charge is 2.27. The molecule has 348 valence electrons. The van der Waals surface area contributed by atoms with Crippen molar-refractivity contribution >= 4 is 127 Å². The second kappa shape index (κ2) is 24.4. The second-order valence-electron chi connectivity index (χ2n) is 14.2. The number of amides is 4. The molecule has 0 aliphatic heterocycles. The van der Waals surface area contributed by atoms with Crippen LogP contribution in [0.4, 0.5) is 34.1 Å². The third-order valence-corrected chi connectivity index (χ3v) is 11.1. The third-order valence-electron chi connectivity index (χ3n) is 9.66. The Balaban J connectivity index is 1.29. The molecule has 0 heterocycles.